The van der Waals surface area contributed by atoms with Crippen molar-refractivity contribution in [3.8, 4) is 11.3 Å². The summed E-state index contributed by atoms with van der Waals surface area (Å²) in [6.07, 6.45) is 0. The summed E-state index contributed by atoms with van der Waals surface area (Å²) in [5, 5.41) is 15.2. The van der Waals surface area contributed by atoms with Crippen LogP contribution in [0.3, 0.4) is 0 Å². The molecule has 1 aromatic carbocycles. The van der Waals surface area contributed by atoms with E-state index >= 15 is 0 Å². The quantitative estimate of drug-likeness (QED) is 0.267. The predicted molar refractivity (Wildman–Crippen MR) is 120 cm³/mol. The zero-order chi connectivity index (χ0) is 24.1. The molecule has 0 aliphatic rings. The van der Waals surface area contributed by atoms with Crippen LogP contribution in [-0.2, 0) is 14.3 Å². The van der Waals surface area contributed by atoms with E-state index in [0.29, 0.717) is 17.1 Å². The van der Waals surface area contributed by atoms with Gasteiger partial charge in [-0.25, -0.2) is 9.59 Å². The first-order valence-electron chi connectivity index (χ1n) is 9.47. The van der Waals surface area contributed by atoms with Crippen LogP contribution in [0.1, 0.15) is 33.4 Å². The second kappa shape index (κ2) is 10.3. The van der Waals surface area contributed by atoms with E-state index in [4.69, 9.17) is 25.5 Å². The number of rotatable bonds is 8. The van der Waals surface area contributed by atoms with Gasteiger partial charge in [-0.15, -0.1) is 11.3 Å². The lowest BCUT2D eigenvalue weighted by Crippen LogP contribution is -2.22. The largest absolute Gasteiger partial charge is 0.462 e. The van der Waals surface area contributed by atoms with Crippen LogP contribution in [0.5, 0.6) is 0 Å². The first kappa shape index (κ1) is 24.0. The Morgan fingerprint density at radius 1 is 1.18 bits per heavy atom. The minimum Gasteiger partial charge on any atom is -0.462 e. The molecule has 0 aliphatic heterocycles. The van der Waals surface area contributed by atoms with Gasteiger partial charge in [0.25, 0.3) is 11.6 Å². The van der Waals surface area contributed by atoms with E-state index in [0.717, 1.165) is 23.5 Å². The van der Waals surface area contributed by atoms with Crippen molar-refractivity contribution in [3.05, 3.63) is 67.7 Å². The van der Waals surface area contributed by atoms with Crippen molar-refractivity contribution in [2.75, 3.05) is 18.5 Å². The van der Waals surface area contributed by atoms with Crippen LogP contribution in [0.15, 0.2) is 40.1 Å². The number of carbonyl (C=O) groups excluding carboxylic acids is 3. The number of non-ortho nitro benzene ring substituents is 1. The summed E-state index contributed by atoms with van der Waals surface area (Å²) in [5.74, 6) is -1.33. The first-order chi connectivity index (χ1) is 15.7. The number of aryl methyl sites for hydroxylation is 1. The molecule has 0 saturated carbocycles. The normalized spacial score (nSPS) is 10.5. The van der Waals surface area contributed by atoms with E-state index in [1.54, 1.807) is 31.4 Å². The third-order valence-electron chi connectivity index (χ3n) is 4.24. The molecule has 0 bridgehead atoms. The molecule has 0 spiro atoms. The number of anilines is 1. The molecular formula is C21H17ClN2O8S. The molecule has 3 aromatic rings. The number of nitrogens with one attached hydrogen (secondary N) is 1. The Labute approximate surface area is 196 Å². The van der Waals surface area contributed by atoms with E-state index in [1.807, 2.05) is 0 Å². The number of hydrogen-bond donors (Lipinski definition) is 1. The molecule has 0 fully saturated rings. The summed E-state index contributed by atoms with van der Waals surface area (Å²) in [6.45, 7) is 2.82. The predicted octanol–water partition coefficient (Wildman–Crippen LogP) is 4.85. The zero-order valence-corrected chi connectivity index (χ0v) is 19.0. The van der Waals surface area contributed by atoms with Gasteiger partial charge in [-0.1, -0.05) is 11.6 Å². The highest BCUT2D eigenvalue weighted by atomic mass is 35.5. The molecule has 0 unspecified atom stereocenters. The highest BCUT2D eigenvalue weighted by Crippen LogP contribution is 2.37. The number of ether oxygens (including phenoxy) is 2. The Balaban J connectivity index is 1.75. The molecule has 3 rings (SSSR count). The maximum absolute atomic E-state index is 12.5. The smallest absolute Gasteiger partial charge is 0.341 e. The van der Waals surface area contributed by atoms with Crippen molar-refractivity contribution in [2.24, 2.45) is 0 Å². The van der Waals surface area contributed by atoms with Gasteiger partial charge < -0.3 is 19.2 Å². The number of hydrogen-bond acceptors (Lipinski definition) is 9. The van der Waals surface area contributed by atoms with Crippen LogP contribution in [0.4, 0.5) is 10.7 Å². The Morgan fingerprint density at radius 3 is 2.58 bits per heavy atom. The minimum absolute atomic E-state index is 0.0627. The van der Waals surface area contributed by atoms with E-state index in [1.165, 1.54) is 6.07 Å². The number of benzene rings is 1. The lowest BCUT2D eigenvalue weighted by molar-refractivity contribution is -0.384. The number of esters is 2. The fourth-order valence-electron chi connectivity index (χ4n) is 2.77. The second-order valence-electron chi connectivity index (χ2n) is 6.53. The number of nitro groups is 1. The van der Waals surface area contributed by atoms with Crippen LogP contribution in [0.25, 0.3) is 11.3 Å². The summed E-state index contributed by atoms with van der Waals surface area (Å²) in [5.41, 5.74) is -0.0496. The van der Waals surface area contributed by atoms with Gasteiger partial charge in [-0.05, 0) is 32.0 Å². The first-order valence-corrected chi connectivity index (χ1v) is 10.7. The number of nitro benzene ring substituents is 1. The van der Waals surface area contributed by atoms with E-state index in [9.17, 15) is 24.5 Å². The third-order valence-corrected chi connectivity index (χ3v) is 5.47. The molecule has 0 aliphatic carbocycles. The topological polar surface area (TPSA) is 138 Å². The molecule has 2 aromatic heterocycles. The molecule has 12 heteroatoms. The highest BCUT2D eigenvalue weighted by molar-refractivity contribution is 7.15. The van der Waals surface area contributed by atoms with Gasteiger partial charge in [0, 0.05) is 23.1 Å². The second-order valence-corrected chi connectivity index (χ2v) is 7.82. The molecule has 2 heterocycles. The van der Waals surface area contributed by atoms with Gasteiger partial charge in [0.1, 0.15) is 22.1 Å². The lowest BCUT2D eigenvalue weighted by Gasteiger charge is -2.09. The monoisotopic (exact) mass is 492 g/mol. The van der Waals surface area contributed by atoms with Crippen LogP contribution in [0, 0.1) is 17.0 Å². The van der Waals surface area contributed by atoms with Gasteiger partial charge in [0.15, 0.2) is 6.61 Å². The van der Waals surface area contributed by atoms with Crippen molar-refractivity contribution in [1.29, 1.82) is 0 Å². The summed E-state index contributed by atoms with van der Waals surface area (Å²) in [4.78, 5) is 47.4. The van der Waals surface area contributed by atoms with Gasteiger partial charge in [0.05, 0.1) is 22.1 Å². The maximum Gasteiger partial charge on any atom is 0.341 e. The van der Waals surface area contributed by atoms with Crippen molar-refractivity contribution in [1.82, 2.24) is 0 Å². The number of halogens is 1. The summed E-state index contributed by atoms with van der Waals surface area (Å²) in [7, 11) is 0. The lowest BCUT2D eigenvalue weighted by atomic mass is 10.1. The van der Waals surface area contributed by atoms with Crippen LogP contribution >= 0.6 is 22.9 Å². The molecule has 1 N–H and O–H groups in total. The van der Waals surface area contributed by atoms with Crippen LogP contribution < -0.4 is 5.32 Å². The summed E-state index contributed by atoms with van der Waals surface area (Å²) in [6, 6.07) is 6.70. The molecule has 0 radical (unpaired) electrons. The van der Waals surface area contributed by atoms with Gasteiger partial charge >= 0.3 is 11.9 Å². The SMILES string of the molecule is CCOC(=O)c1c(-c2ccc(C)o2)csc1NC(=O)COC(=O)c1cc([N+](=O)[O-])ccc1Cl. The number of nitrogens with zero attached hydrogens (tertiary/aromatic N) is 1. The number of carbonyl (C=O) groups is 3. The Morgan fingerprint density at radius 2 is 1.94 bits per heavy atom. The Hall–Kier alpha value is -3.70. The molecular weight excluding hydrogens is 476 g/mol. The van der Waals surface area contributed by atoms with Crippen LogP contribution in [-0.4, -0.2) is 36.0 Å². The Kier molecular flexibility index (Phi) is 7.46. The van der Waals surface area contributed by atoms with Crippen LogP contribution in [0.2, 0.25) is 5.02 Å². The molecule has 172 valence electrons. The van der Waals surface area contributed by atoms with E-state index < -0.39 is 29.4 Å². The van der Waals surface area contributed by atoms with E-state index in [-0.39, 0.29) is 33.4 Å². The average molecular weight is 493 g/mol. The van der Waals surface area contributed by atoms with Gasteiger partial charge in [0.2, 0.25) is 0 Å². The van der Waals surface area contributed by atoms with Crippen molar-refractivity contribution < 1.29 is 33.2 Å². The fourth-order valence-corrected chi connectivity index (χ4v) is 3.92. The highest BCUT2D eigenvalue weighted by Gasteiger charge is 2.25. The fraction of sp³-hybridized carbons (Fsp3) is 0.190. The summed E-state index contributed by atoms with van der Waals surface area (Å²) >= 11 is 6.98. The third kappa shape index (κ3) is 5.57. The zero-order valence-electron chi connectivity index (χ0n) is 17.4. The van der Waals surface area contributed by atoms with Gasteiger partial charge in [-0.3, -0.25) is 14.9 Å². The Bertz CT molecular complexity index is 1230. The van der Waals surface area contributed by atoms with Crippen molar-refractivity contribution in [2.45, 2.75) is 13.8 Å². The van der Waals surface area contributed by atoms with E-state index in [2.05, 4.69) is 5.32 Å². The molecule has 10 nitrogen and oxygen atoms in total. The van der Waals surface area contributed by atoms with Crippen molar-refractivity contribution >= 4 is 51.5 Å². The number of amides is 1. The minimum atomic E-state index is -1.01. The van der Waals surface area contributed by atoms with Gasteiger partial charge in [-0.2, -0.15) is 0 Å². The molecule has 1 amide bonds. The molecule has 0 atom stereocenters. The molecule has 33 heavy (non-hydrogen) atoms. The van der Waals surface area contributed by atoms with Crippen molar-refractivity contribution in [3.63, 3.8) is 0 Å². The average Bonchev–Trinajstić information content (AvgIpc) is 3.38. The molecule has 0 saturated heterocycles. The number of thiophene rings is 1. The number of furan rings is 1. The summed E-state index contributed by atoms with van der Waals surface area (Å²) < 4.78 is 15.6. The maximum atomic E-state index is 12.5. The standard InChI is InChI=1S/C21H17ClN2O8S/c1-3-30-21(27)18-14(16-7-4-11(2)32-16)10-33-19(18)23-17(25)9-31-20(26)13-8-12(24(28)29)5-6-15(13)22/h4-8,10H,3,9H2,1-2H3,(H,23,25).